The molecular weight excluding hydrogens is 238 g/mol. The molecular formula is C12H15NO3S. The molecule has 4 nitrogen and oxygen atoms in total. The predicted molar refractivity (Wildman–Crippen MR) is 64.3 cm³/mol. The minimum Gasteiger partial charge on any atom is -0.299 e. The van der Waals surface area contributed by atoms with Crippen LogP contribution in [0, 0.1) is 5.92 Å². The molecule has 5 heteroatoms. The lowest BCUT2D eigenvalue weighted by Gasteiger charge is -2.05. The van der Waals surface area contributed by atoms with Gasteiger partial charge in [0.2, 0.25) is 0 Å². The quantitative estimate of drug-likeness (QED) is 0.803. The van der Waals surface area contributed by atoms with Crippen LogP contribution in [0.2, 0.25) is 0 Å². The van der Waals surface area contributed by atoms with E-state index in [9.17, 15) is 13.2 Å². The summed E-state index contributed by atoms with van der Waals surface area (Å²) in [5, 5.41) is 0. The zero-order valence-corrected chi connectivity index (χ0v) is 10.3. The molecule has 1 aliphatic heterocycles. The molecule has 0 bridgehead atoms. The summed E-state index contributed by atoms with van der Waals surface area (Å²) in [5.74, 6) is 0.484. The van der Waals surface area contributed by atoms with Crippen molar-refractivity contribution >= 4 is 15.6 Å². The van der Waals surface area contributed by atoms with Gasteiger partial charge in [0.05, 0.1) is 11.5 Å². The molecule has 0 saturated carbocycles. The average molecular weight is 253 g/mol. The molecule has 92 valence electrons. The first-order valence-electron chi connectivity index (χ1n) is 5.67. The fourth-order valence-corrected chi connectivity index (χ4v) is 3.99. The molecule has 1 saturated heterocycles. The number of carbonyl (C=O) groups is 1. The van der Waals surface area contributed by atoms with Gasteiger partial charge in [-0.3, -0.25) is 9.78 Å². The molecule has 1 fully saturated rings. The second-order valence-corrected chi connectivity index (χ2v) is 6.74. The van der Waals surface area contributed by atoms with Crippen LogP contribution in [-0.2, 0) is 21.1 Å². The summed E-state index contributed by atoms with van der Waals surface area (Å²) in [5.41, 5.74) is 0.748. The van der Waals surface area contributed by atoms with Crippen LogP contribution in [-0.4, -0.2) is 30.7 Å². The maximum atomic E-state index is 11.7. The van der Waals surface area contributed by atoms with Crippen molar-refractivity contribution in [1.82, 2.24) is 4.98 Å². The predicted octanol–water partition coefficient (Wildman–Crippen LogP) is 1.02. The van der Waals surface area contributed by atoms with Crippen LogP contribution in [0.1, 0.15) is 18.5 Å². The Hall–Kier alpha value is -1.23. The van der Waals surface area contributed by atoms with Crippen LogP contribution in [0.5, 0.6) is 0 Å². The normalized spacial score (nSPS) is 22.5. The minimum absolute atomic E-state index is 0.0104. The van der Waals surface area contributed by atoms with Gasteiger partial charge < -0.3 is 0 Å². The van der Waals surface area contributed by atoms with Crippen molar-refractivity contribution in [3.05, 3.63) is 30.1 Å². The van der Waals surface area contributed by atoms with Crippen LogP contribution in [0.25, 0.3) is 0 Å². The van der Waals surface area contributed by atoms with E-state index in [-0.39, 0.29) is 23.2 Å². The van der Waals surface area contributed by atoms with Gasteiger partial charge in [0.25, 0.3) is 0 Å². The number of carbonyl (C=O) groups excluding carboxylic acids is 1. The number of Topliss-reactive ketones (excluding diaryl/α,β-unsaturated/α-hetero) is 1. The summed E-state index contributed by atoms with van der Waals surface area (Å²) >= 11 is 0. The first-order chi connectivity index (χ1) is 8.05. The van der Waals surface area contributed by atoms with Crippen molar-refractivity contribution < 1.29 is 13.2 Å². The van der Waals surface area contributed by atoms with E-state index in [0.29, 0.717) is 19.3 Å². The highest BCUT2D eigenvalue weighted by Crippen LogP contribution is 2.22. The topological polar surface area (TPSA) is 64.1 Å². The summed E-state index contributed by atoms with van der Waals surface area (Å²) in [6, 6.07) is 5.45. The zero-order valence-electron chi connectivity index (χ0n) is 9.50. The largest absolute Gasteiger partial charge is 0.299 e. The van der Waals surface area contributed by atoms with E-state index < -0.39 is 9.84 Å². The lowest BCUT2D eigenvalue weighted by Crippen LogP contribution is -2.12. The third-order valence-corrected chi connectivity index (χ3v) is 4.78. The van der Waals surface area contributed by atoms with Gasteiger partial charge in [0.15, 0.2) is 9.84 Å². The lowest BCUT2D eigenvalue weighted by molar-refractivity contribution is -0.119. The molecule has 0 N–H and O–H groups in total. The van der Waals surface area contributed by atoms with Crippen LogP contribution in [0.3, 0.4) is 0 Å². The summed E-state index contributed by atoms with van der Waals surface area (Å²) < 4.78 is 22.5. The number of nitrogens with zero attached hydrogens (tertiary/aromatic N) is 1. The highest BCUT2D eigenvalue weighted by atomic mass is 32.2. The van der Waals surface area contributed by atoms with Crippen molar-refractivity contribution in [2.24, 2.45) is 5.92 Å². The Kier molecular flexibility index (Phi) is 3.57. The number of ketones is 1. The van der Waals surface area contributed by atoms with E-state index >= 15 is 0 Å². The molecule has 2 heterocycles. The standard InChI is InChI=1S/C12H15NO3S/c14-12(8-11-3-1-2-5-13-11)7-10-4-6-17(15,16)9-10/h1-3,5,10H,4,6-9H2. The SMILES string of the molecule is O=C(Cc1ccccn1)CC1CCS(=O)(=O)C1. The second-order valence-electron chi connectivity index (χ2n) is 4.51. The highest BCUT2D eigenvalue weighted by molar-refractivity contribution is 7.91. The summed E-state index contributed by atoms with van der Waals surface area (Å²) in [6.07, 6.45) is 2.94. The van der Waals surface area contributed by atoms with Gasteiger partial charge in [-0.15, -0.1) is 0 Å². The van der Waals surface area contributed by atoms with Crippen molar-refractivity contribution in [2.75, 3.05) is 11.5 Å². The van der Waals surface area contributed by atoms with Gasteiger partial charge in [-0.25, -0.2) is 8.42 Å². The van der Waals surface area contributed by atoms with E-state index in [0.717, 1.165) is 5.69 Å². The van der Waals surface area contributed by atoms with E-state index in [1.54, 1.807) is 12.3 Å². The summed E-state index contributed by atoms with van der Waals surface area (Å²) in [4.78, 5) is 15.8. The zero-order chi connectivity index (χ0) is 12.3. The first kappa shape index (κ1) is 12.2. The molecule has 1 aromatic heterocycles. The second kappa shape index (κ2) is 4.96. The summed E-state index contributed by atoms with van der Waals surface area (Å²) in [7, 11) is -2.88. The van der Waals surface area contributed by atoms with E-state index in [2.05, 4.69) is 4.98 Å². The van der Waals surface area contributed by atoms with Gasteiger partial charge in [-0.2, -0.15) is 0 Å². The Morgan fingerprint density at radius 2 is 2.24 bits per heavy atom. The van der Waals surface area contributed by atoms with Crippen LogP contribution < -0.4 is 0 Å². The average Bonchev–Trinajstić information content (AvgIpc) is 2.59. The number of sulfone groups is 1. The number of pyridine rings is 1. The Balaban J connectivity index is 1.87. The maximum absolute atomic E-state index is 11.7. The molecule has 1 atom stereocenters. The Morgan fingerprint density at radius 3 is 2.82 bits per heavy atom. The molecule has 0 aromatic carbocycles. The third kappa shape index (κ3) is 3.63. The highest BCUT2D eigenvalue weighted by Gasteiger charge is 2.29. The first-order valence-corrected chi connectivity index (χ1v) is 7.49. The fourth-order valence-electron chi connectivity index (χ4n) is 2.13. The molecule has 17 heavy (non-hydrogen) atoms. The molecule has 2 rings (SSSR count). The molecule has 1 aliphatic rings. The molecule has 0 aliphatic carbocycles. The Bertz CT molecular complexity index is 496. The molecule has 1 aromatic rings. The van der Waals surface area contributed by atoms with Crippen LogP contribution in [0.4, 0.5) is 0 Å². The minimum atomic E-state index is -2.88. The molecule has 0 spiro atoms. The number of hydrogen-bond acceptors (Lipinski definition) is 4. The smallest absolute Gasteiger partial charge is 0.150 e. The van der Waals surface area contributed by atoms with Gasteiger partial charge in [-0.05, 0) is 24.5 Å². The summed E-state index contributed by atoms with van der Waals surface area (Å²) in [6.45, 7) is 0. The lowest BCUT2D eigenvalue weighted by atomic mass is 9.99. The van der Waals surface area contributed by atoms with E-state index in [1.807, 2.05) is 12.1 Å². The number of hydrogen-bond donors (Lipinski definition) is 0. The van der Waals surface area contributed by atoms with Gasteiger partial charge in [0.1, 0.15) is 5.78 Å². The van der Waals surface area contributed by atoms with Gasteiger partial charge >= 0.3 is 0 Å². The molecule has 0 radical (unpaired) electrons. The number of rotatable bonds is 4. The fraction of sp³-hybridized carbons (Fsp3) is 0.500. The monoisotopic (exact) mass is 253 g/mol. The molecule has 1 unspecified atom stereocenters. The third-order valence-electron chi connectivity index (χ3n) is 2.95. The van der Waals surface area contributed by atoms with Crippen molar-refractivity contribution in [1.29, 1.82) is 0 Å². The Morgan fingerprint density at radius 1 is 1.41 bits per heavy atom. The Labute approximate surface area is 101 Å². The maximum Gasteiger partial charge on any atom is 0.150 e. The van der Waals surface area contributed by atoms with Crippen LogP contribution in [0.15, 0.2) is 24.4 Å². The van der Waals surface area contributed by atoms with E-state index in [4.69, 9.17) is 0 Å². The van der Waals surface area contributed by atoms with Crippen LogP contribution >= 0.6 is 0 Å². The molecule has 0 amide bonds. The van der Waals surface area contributed by atoms with Gasteiger partial charge in [-0.1, -0.05) is 6.07 Å². The van der Waals surface area contributed by atoms with Crippen molar-refractivity contribution in [3.8, 4) is 0 Å². The van der Waals surface area contributed by atoms with E-state index in [1.165, 1.54) is 0 Å². The van der Waals surface area contributed by atoms with Gasteiger partial charge in [0, 0.05) is 24.7 Å². The number of aromatic nitrogens is 1. The van der Waals surface area contributed by atoms with Crippen molar-refractivity contribution in [3.63, 3.8) is 0 Å². The van der Waals surface area contributed by atoms with Crippen molar-refractivity contribution in [2.45, 2.75) is 19.3 Å².